The van der Waals surface area contributed by atoms with Crippen LogP contribution in [0.2, 0.25) is 0 Å². The highest BCUT2D eigenvalue weighted by Gasteiger charge is 2.59. The van der Waals surface area contributed by atoms with Crippen LogP contribution in [0.3, 0.4) is 0 Å². The second kappa shape index (κ2) is 17.2. The van der Waals surface area contributed by atoms with Gasteiger partial charge in [-0.1, -0.05) is 62.3 Å². The molecule has 3 N–H and O–H groups in total. The highest BCUT2D eigenvalue weighted by Crippen LogP contribution is 2.67. The van der Waals surface area contributed by atoms with E-state index in [0.717, 1.165) is 54.2 Å². The topological polar surface area (TPSA) is 65.0 Å². The summed E-state index contributed by atoms with van der Waals surface area (Å²) in [6.45, 7) is 17.4. The van der Waals surface area contributed by atoms with Gasteiger partial charge in [0.25, 0.3) is 0 Å². The summed E-state index contributed by atoms with van der Waals surface area (Å²) in [5, 5.41) is 14.9. The lowest BCUT2D eigenvalue weighted by molar-refractivity contribution is -0.106. The molecule has 4 nitrogen and oxygen atoms in total. The molecule has 0 amide bonds. The third-order valence-corrected chi connectivity index (χ3v) is 11.0. The van der Waals surface area contributed by atoms with Crippen molar-refractivity contribution in [1.82, 2.24) is 10.6 Å². The number of carbonyl (C=O) groups is 1. The molecule has 226 valence electrons. The Morgan fingerprint density at radius 2 is 1.61 bits per heavy atom. The molecule has 9 unspecified atom stereocenters. The van der Waals surface area contributed by atoms with E-state index in [1.807, 2.05) is 20.9 Å². The molecule has 0 radical (unpaired) electrons. The van der Waals surface area contributed by atoms with E-state index >= 15 is 0 Å². The lowest BCUT2D eigenvalue weighted by Gasteiger charge is -2.60. The predicted octanol–water partition coefficient (Wildman–Crippen LogP) is 8.78. The normalized spacial score (nSPS) is 40.3. The summed E-state index contributed by atoms with van der Waals surface area (Å²) < 4.78 is 0. The molecule has 5 aliphatic rings. The van der Waals surface area contributed by atoms with E-state index in [2.05, 4.69) is 38.3 Å². The van der Waals surface area contributed by atoms with Crippen molar-refractivity contribution in [2.75, 3.05) is 20.1 Å². The molecule has 4 heteroatoms. The fourth-order valence-corrected chi connectivity index (χ4v) is 9.43. The largest absolute Gasteiger partial charge is 0.318 e. The summed E-state index contributed by atoms with van der Waals surface area (Å²) in [7, 11) is 2.00. The maximum absolute atomic E-state index is 8.81. The molecule has 38 heavy (non-hydrogen) atoms. The van der Waals surface area contributed by atoms with Gasteiger partial charge in [0.05, 0.1) is 0 Å². The van der Waals surface area contributed by atoms with Gasteiger partial charge in [-0.3, -0.25) is 0 Å². The summed E-state index contributed by atoms with van der Waals surface area (Å²) in [6.07, 6.45) is 16.7. The average Bonchev–Trinajstić information content (AvgIpc) is 3.43. The van der Waals surface area contributed by atoms with Crippen molar-refractivity contribution in [3.8, 4) is 0 Å². The van der Waals surface area contributed by atoms with Crippen molar-refractivity contribution in [2.45, 2.75) is 140 Å². The maximum atomic E-state index is 8.81. The minimum absolute atomic E-state index is 0. The lowest BCUT2D eigenvalue weighted by Crippen LogP contribution is -2.53. The molecule has 5 rings (SSSR count). The van der Waals surface area contributed by atoms with Crippen molar-refractivity contribution in [1.29, 1.82) is 5.41 Å². The van der Waals surface area contributed by atoms with E-state index in [-0.39, 0.29) is 14.9 Å². The van der Waals surface area contributed by atoms with Gasteiger partial charge in [-0.15, -0.1) is 0 Å². The zero-order valence-electron chi connectivity index (χ0n) is 25.2. The summed E-state index contributed by atoms with van der Waals surface area (Å²) in [5.41, 5.74) is 2.10. The second-order valence-electron chi connectivity index (χ2n) is 13.0. The van der Waals surface area contributed by atoms with E-state index in [4.69, 9.17) is 10.2 Å². The number of hydrogen-bond acceptors (Lipinski definition) is 4. The second-order valence-corrected chi connectivity index (χ2v) is 13.0. The van der Waals surface area contributed by atoms with Crippen LogP contribution in [0.1, 0.15) is 134 Å². The highest BCUT2D eigenvalue weighted by molar-refractivity contribution is 5.82. The molecular formula is C34H69N3O. The first-order valence-corrected chi connectivity index (χ1v) is 15.5. The van der Waals surface area contributed by atoms with E-state index in [0.29, 0.717) is 16.7 Å². The predicted molar refractivity (Wildman–Crippen MR) is 169 cm³/mol. The van der Waals surface area contributed by atoms with Gasteiger partial charge in [-0.25, -0.2) is 0 Å². The van der Waals surface area contributed by atoms with Crippen LogP contribution in [0, 0.1) is 51.7 Å². The van der Waals surface area contributed by atoms with E-state index in [1.165, 1.54) is 84.1 Å². The first-order chi connectivity index (χ1) is 17.2. The molecule has 1 saturated heterocycles. The maximum Gasteiger partial charge on any atom is 0.116 e. The van der Waals surface area contributed by atoms with E-state index < -0.39 is 0 Å². The Balaban J connectivity index is 0.000000724. The quantitative estimate of drug-likeness (QED) is 0.250. The Morgan fingerprint density at radius 1 is 0.974 bits per heavy atom. The van der Waals surface area contributed by atoms with Gasteiger partial charge in [0.2, 0.25) is 0 Å². The number of nitrogens with one attached hydrogen (secondary N) is 3. The van der Waals surface area contributed by atoms with Crippen LogP contribution in [0.25, 0.3) is 0 Å². The van der Waals surface area contributed by atoms with Crippen molar-refractivity contribution in [2.24, 2.45) is 46.3 Å². The van der Waals surface area contributed by atoms with Gasteiger partial charge in [0.15, 0.2) is 0 Å². The molecule has 0 aromatic carbocycles. The first kappa shape index (κ1) is 37.3. The standard InChI is InChI=1S/C21H35N.C7H16N2.C2H4O.C2H6.2CH4/c1-14(22)17-9-10-18-16-8-7-15-6-4-5-12-20(15,2)19(16)11-13-21(17,18)3;1-6-3-7(5-8-2)9-4-6;1-2-3;1-2;;/h15-19,22H,4-13H2,1-3H3;6-9H,3-5H2,1-2H3;2H,1H3;1-2H3;2*1H4. The number of likely N-dealkylation sites (N-methyl/N-ethyl adjacent to an activating group) is 1. The Hall–Kier alpha value is -0.740. The Bertz CT molecular complexity index is 679. The lowest BCUT2D eigenvalue weighted by atomic mass is 9.45. The van der Waals surface area contributed by atoms with E-state index in [9.17, 15) is 0 Å². The van der Waals surface area contributed by atoms with Crippen LogP contribution in [-0.2, 0) is 4.79 Å². The SMILES string of the molecule is C.C.CC.CC(=N)C1CCC2C3CCC4CCCCC4(C)C3CCC12C.CC=O.CNCC1CC(C)CN1. The number of hydrogen-bond donors (Lipinski definition) is 3. The van der Waals surface area contributed by atoms with Crippen LogP contribution < -0.4 is 10.6 Å². The average molecular weight is 536 g/mol. The van der Waals surface area contributed by atoms with Gasteiger partial charge in [0.1, 0.15) is 6.29 Å². The van der Waals surface area contributed by atoms with Crippen LogP contribution in [0.5, 0.6) is 0 Å². The number of fused-ring (bicyclic) bond motifs is 5. The number of carbonyl (C=O) groups excluding carboxylic acids is 1. The zero-order chi connectivity index (χ0) is 26.9. The van der Waals surface area contributed by atoms with Crippen molar-refractivity contribution < 1.29 is 4.79 Å². The van der Waals surface area contributed by atoms with Crippen LogP contribution in [0.15, 0.2) is 0 Å². The van der Waals surface area contributed by atoms with Gasteiger partial charge in [0, 0.05) is 24.2 Å². The summed E-state index contributed by atoms with van der Waals surface area (Å²) in [4.78, 5) is 8.81. The van der Waals surface area contributed by atoms with Crippen molar-refractivity contribution >= 4 is 12.0 Å². The summed E-state index contributed by atoms with van der Waals surface area (Å²) in [6, 6.07) is 0.727. The minimum atomic E-state index is 0. The zero-order valence-corrected chi connectivity index (χ0v) is 25.2. The molecule has 0 aromatic rings. The number of aldehydes is 1. The smallest absolute Gasteiger partial charge is 0.116 e. The molecule has 4 saturated carbocycles. The minimum Gasteiger partial charge on any atom is -0.318 e. The highest BCUT2D eigenvalue weighted by atomic mass is 16.1. The van der Waals surface area contributed by atoms with E-state index in [1.54, 1.807) is 0 Å². The molecule has 5 fully saturated rings. The van der Waals surface area contributed by atoms with Gasteiger partial charge >= 0.3 is 0 Å². The Labute approximate surface area is 239 Å². The third kappa shape index (κ3) is 8.15. The Morgan fingerprint density at radius 3 is 2.16 bits per heavy atom. The fraction of sp³-hybridized carbons (Fsp3) is 0.941. The molecule has 0 spiro atoms. The van der Waals surface area contributed by atoms with Gasteiger partial charge in [-0.05, 0) is 126 Å². The molecular weight excluding hydrogens is 466 g/mol. The van der Waals surface area contributed by atoms with Crippen molar-refractivity contribution in [3.05, 3.63) is 0 Å². The van der Waals surface area contributed by atoms with Crippen LogP contribution in [-0.4, -0.2) is 38.2 Å². The molecule has 9 atom stereocenters. The number of rotatable bonds is 3. The summed E-state index contributed by atoms with van der Waals surface area (Å²) >= 11 is 0. The van der Waals surface area contributed by atoms with Crippen LogP contribution >= 0.6 is 0 Å². The van der Waals surface area contributed by atoms with Gasteiger partial charge in [-0.2, -0.15) is 0 Å². The fourth-order valence-electron chi connectivity index (χ4n) is 9.43. The van der Waals surface area contributed by atoms with Crippen molar-refractivity contribution in [3.63, 3.8) is 0 Å². The molecule has 1 heterocycles. The molecule has 1 aliphatic heterocycles. The Kier molecular flexibility index (Phi) is 16.8. The molecule has 4 aliphatic carbocycles. The third-order valence-electron chi connectivity index (χ3n) is 11.0. The first-order valence-electron chi connectivity index (χ1n) is 15.5. The monoisotopic (exact) mass is 536 g/mol. The molecule has 0 aromatic heterocycles. The van der Waals surface area contributed by atoms with Crippen LogP contribution in [0.4, 0.5) is 0 Å². The molecule has 0 bridgehead atoms. The van der Waals surface area contributed by atoms with Gasteiger partial charge < -0.3 is 20.8 Å². The summed E-state index contributed by atoms with van der Waals surface area (Å²) in [5.74, 6) is 5.43.